The van der Waals surface area contributed by atoms with Crippen molar-refractivity contribution < 1.29 is 23.1 Å². The van der Waals surface area contributed by atoms with Crippen molar-refractivity contribution >= 4 is 46.2 Å². The number of fused-ring (bicyclic) bond motifs is 1. The van der Waals surface area contributed by atoms with Crippen LogP contribution in [0.15, 0.2) is 56.9 Å². The SMILES string of the molecule is O=c1[nH]c(SCCCc2ccc(C(F)(F)P(=O)(O)O)c(Br)c2)nc2ccccc12. The van der Waals surface area contributed by atoms with E-state index in [1.165, 1.54) is 23.9 Å². The van der Waals surface area contributed by atoms with Gasteiger partial charge in [-0.1, -0.05) is 52.0 Å². The quantitative estimate of drug-likeness (QED) is 0.187. The van der Waals surface area contributed by atoms with E-state index in [0.29, 0.717) is 34.7 Å². The molecule has 0 saturated carbocycles. The minimum atomic E-state index is -5.62. The molecule has 1 heterocycles. The zero-order chi connectivity index (χ0) is 21.2. The van der Waals surface area contributed by atoms with Gasteiger partial charge in [-0.25, -0.2) is 4.98 Å². The molecule has 0 atom stereocenters. The number of benzene rings is 2. The standard InChI is InChI=1S/C18H16BrF2N2O4PS/c19-14-10-11(7-8-13(14)18(20,21)28(25,26)27)4-3-9-29-17-22-15-6-2-1-5-12(15)16(24)23-17/h1-2,5-8,10H,3-4,9H2,(H,22,23,24)(H2,25,26,27). The molecular formula is C18H16BrF2N2O4PS. The normalized spacial score (nSPS) is 12.4. The molecule has 29 heavy (non-hydrogen) atoms. The molecule has 0 bridgehead atoms. The van der Waals surface area contributed by atoms with E-state index < -0.39 is 18.8 Å². The number of halogens is 3. The number of thioether (sulfide) groups is 1. The minimum Gasteiger partial charge on any atom is -0.320 e. The summed E-state index contributed by atoms with van der Waals surface area (Å²) in [5.74, 6) is 0.638. The van der Waals surface area contributed by atoms with Crippen LogP contribution in [0.3, 0.4) is 0 Å². The molecule has 0 fully saturated rings. The van der Waals surface area contributed by atoms with Crippen LogP contribution in [-0.4, -0.2) is 25.5 Å². The topological polar surface area (TPSA) is 103 Å². The molecule has 0 spiro atoms. The number of nitrogens with zero attached hydrogens (tertiary/aromatic N) is 1. The van der Waals surface area contributed by atoms with Crippen molar-refractivity contribution in [3.63, 3.8) is 0 Å². The van der Waals surface area contributed by atoms with Crippen LogP contribution < -0.4 is 5.56 Å². The highest BCUT2D eigenvalue weighted by molar-refractivity contribution is 9.10. The molecule has 154 valence electrons. The molecule has 0 aliphatic carbocycles. The first-order chi connectivity index (χ1) is 13.6. The molecule has 2 aromatic carbocycles. The number of nitrogens with one attached hydrogen (secondary N) is 1. The first-order valence-electron chi connectivity index (χ1n) is 8.44. The molecule has 3 rings (SSSR count). The fourth-order valence-electron chi connectivity index (χ4n) is 2.69. The molecule has 0 saturated heterocycles. The predicted molar refractivity (Wildman–Crippen MR) is 111 cm³/mol. The lowest BCUT2D eigenvalue weighted by molar-refractivity contribution is 0.0557. The molecule has 3 aromatic rings. The zero-order valence-corrected chi connectivity index (χ0v) is 18.1. The molecule has 0 radical (unpaired) electrons. The summed E-state index contributed by atoms with van der Waals surface area (Å²) in [5.41, 5.74) is -3.86. The molecule has 0 aliphatic heterocycles. The smallest absolute Gasteiger partial charge is 0.320 e. The van der Waals surface area contributed by atoms with Crippen LogP contribution >= 0.6 is 35.3 Å². The summed E-state index contributed by atoms with van der Waals surface area (Å²) in [6.07, 6.45) is 1.24. The van der Waals surface area contributed by atoms with Crippen molar-refractivity contribution in [3.8, 4) is 0 Å². The average molecular weight is 505 g/mol. The highest BCUT2D eigenvalue weighted by Crippen LogP contribution is 2.60. The van der Waals surface area contributed by atoms with Crippen LogP contribution in [0.25, 0.3) is 10.9 Å². The van der Waals surface area contributed by atoms with Gasteiger partial charge in [0.1, 0.15) is 0 Å². The van der Waals surface area contributed by atoms with E-state index in [9.17, 15) is 18.1 Å². The Morgan fingerprint density at radius 1 is 1.21 bits per heavy atom. The van der Waals surface area contributed by atoms with Gasteiger partial charge < -0.3 is 14.8 Å². The van der Waals surface area contributed by atoms with Crippen LogP contribution in [-0.2, 0) is 16.6 Å². The van der Waals surface area contributed by atoms with E-state index in [-0.39, 0.29) is 10.0 Å². The average Bonchev–Trinajstić information content (AvgIpc) is 2.64. The summed E-state index contributed by atoms with van der Waals surface area (Å²) in [4.78, 5) is 36.9. The third-order valence-corrected chi connectivity index (χ3v) is 6.75. The molecule has 6 nitrogen and oxygen atoms in total. The molecule has 0 amide bonds. The van der Waals surface area contributed by atoms with E-state index in [1.807, 2.05) is 0 Å². The molecule has 1 aromatic heterocycles. The number of para-hydroxylation sites is 1. The lowest BCUT2D eigenvalue weighted by Gasteiger charge is -2.19. The van der Waals surface area contributed by atoms with E-state index in [2.05, 4.69) is 25.9 Å². The van der Waals surface area contributed by atoms with Gasteiger partial charge in [-0.05, 0) is 36.6 Å². The largest absolute Gasteiger partial charge is 0.399 e. The maximum atomic E-state index is 13.9. The fourth-order valence-corrected chi connectivity index (χ4v) is 4.84. The predicted octanol–water partition coefficient (Wildman–Crippen LogP) is 4.64. The van der Waals surface area contributed by atoms with Gasteiger partial charge in [-0.3, -0.25) is 9.36 Å². The van der Waals surface area contributed by atoms with Crippen molar-refractivity contribution in [3.05, 3.63) is 68.4 Å². The first kappa shape index (κ1) is 22.1. The van der Waals surface area contributed by atoms with Gasteiger partial charge in [-0.15, -0.1) is 0 Å². The van der Waals surface area contributed by atoms with E-state index in [0.717, 1.165) is 11.6 Å². The highest BCUT2D eigenvalue weighted by atomic mass is 79.9. The van der Waals surface area contributed by atoms with E-state index in [4.69, 9.17) is 9.79 Å². The second-order valence-electron chi connectivity index (χ2n) is 6.24. The molecule has 3 N–H and O–H groups in total. The van der Waals surface area contributed by atoms with Gasteiger partial charge >= 0.3 is 13.3 Å². The fraction of sp³-hybridized carbons (Fsp3) is 0.222. The van der Waals surface area contributed by atoms with Crippen LogP contribution in [0.4, 0.5) is 8.78 Å². The third kappa shape index (κ3) is 4.95. The summed E-state index contributed by atoms with van der Waals surface area (Å²) in [6.45, 7) is 0. The minimum absolute atomic E-state index is 0.0588. The Morgan fingerprint density at radius 3 is 2.62 bits per heavy atom. The van der Waals surface area contributed by atoms with Crippen molar-refractivity contribution in [2.45, 2.75) is 23.7 Å². The summed E-state index contributed by atoms with van der Waals surface area (Å²) in [6, 6.07) is 10.9. The van der Waals surface area contributed by atoms with Crippen molar-refractivity contribution in [1.29, 1.82) is 0 Å². The Kier molecular flexibility index (Phi) is 6.60. The Labute approximate surface area is 177 Å². The second-order valence-corrected chi connectivity index (χ2v) is 9.83. The number of alkyl halides is 2. The monoisotopic (exact) mass is 504 g/mol. The Morgan fingerprint density at radius 2 is 1.93 bits per heavy atom. The summed E-state index contributed by atoms with van der Waals surface area (Å²) >= 11 is 4.36. The molecule has 0 unspecified atom stereocenters. The Balaban J connectivity index is 1.62. The van der Waals surface area contributed by atoms with Gasteiger partial charge in [0.15, 0.2) is 5.16 Å². The maximum absolute atomic E-state index is 13.9. The molecule has 0 aliphatic rings. The van der Waals surface area contributed by atoms with Gasteiger partial charge in [0.05, 0.1) is 10.9 Å². The zero-order valence-electron chi connectivity index (χ0n) is 14.8. The van der Waals surface area contributed by atoms with Crippen LogP contribution in [0.1, 0.15) is 17.5 Å². The van der Waals surface area contributed by atoms with Gasteiger partial charge in [0.2, 0.25) is 0 Å². The van der Waals surface area contributed by atoms with Gasteiger partial charge in [0, 0.05) is 15.8 Å². The van der Waals surface area contributed by atoms with Crippen molar-refractivity contribution in [1.82, 2.24) is 9.97 Å². The number of aromatic amines is 1. The third-order valence-electron chi connectivity index (χ3n) is 4.16. The van der Waals surface area contributed by atoms with Crippen LogP contribution in [0, 0.1) is 0 Å². The van der Waals surface area contributed by atoms with Crippen molar-refractivity contribution in [2.24, 2.45) is 0 Å². The van der Waals surface area contributed by atoms with Gasteiger partial charge in [0.25, 0.3) is 5.56 Å². The number of aryl methyl sites for hydroxylation is 1. The second kappa shape index (κ2) is 8.65. The number of H-pyrrole nitrogens is 1. The summed E-state index contributed by atoms with van der Waals surface area (Å²) in [7, 11) is -5.62. The lowest BCUT2D eigenvalue weighted by Crippen LogP contribution is -2.14. The van der Waals surface area contributed by atoms with Crippen molar-refractivity contribution in [2.75, 3.05) is 5.75 Å². The number of hydrogen-bond acceptors (Lipinski definition) is 4. The number of rotatable bonds is 7. The Hall–Kier alpha value is -1.58. The van der Waals surface area contributed by atoms with Gasteiger partial charge in [-0.2, -0.15) is 8.78 Å². The molecule has 11 heteroatoms. The lowest BCUT2D eigenvalue weighted by atomic mass is 10.1. The maximum Gasteiger partial charge on any atom is 0.399 e. The first-order valence-corrected chi connectivity index (χ1v) is 11.8. The van der Waals surface area contributed by atoms with Crippen LogP contribution in [0.2, 0.25) is 0 Å². The molecular weight excluding hydrogens is 489 g/mol. The van der Waals surface area contributed by atoms with Crippen LogP contribution in [0.5, 0.6) is 0 Å². The summed E-state index contributed by atoms with van der Waals surface area (Å²) < 4.78 is 38.7. The number of aromatic nitrogens is 2. The number of hydrogen-bond donors (Lipinski definition) is 3. The Bertz CT molecular complexity index is 1150. The highest BCUT2D eigenvalue weighted by Gasteiger charge is 2.51. The van der Waals surface area contributed by atoms with E-state index in [1.54, 1.807) is 24.3 Å². The summed E-state index contributed by atoms with van der Waals surface area (Å²) in [5, 5.41) is 1.03. The van der Waals surface area contributed by atoms with E-state index >= 15 is 0 Å².